The van der Waals surface area contributed by atoms with Crippen molar-refractivity contribution in [2.75, 3.05) is 0 Å². The van der Waals surface area contributed by atoms with Crippen LogP contribution in [0.5, 0.6) is 0 Å². The highest BCUT2D eigenvalue weighted by atomic mass is 79.9. The number of thiophene rings is 1. The summed E-state index contributed by atoms with van der Waals surface area (Å²) in [7, 11) is 0. The lowest BCUT2D eigenvalue weighted by atomic mass is 9.81. The molecule has 3 aromatic carbocycles. The van der Waals surface area contributed by atoms with E-state index in [0.717, 1.165) is 0 Å². The minimum absolute atomic E-state index is 0.0419. The van der Waals surface area contributed by atoms with E-state index in [1.165, 1.54) is 47.3 Å². The fourth-order valence-electron chi connectivity index (χ4n) is 4.14. The molecule has 0 N–H and O–H groups in total. The van der Waals surface area contributed by atoms with Gasteiger partial charge in [0.1, 0.15) is 0 Å². The number of benzene rings is 3. The van der Waals surface area contributed by atoms with Crippen LogP contribution in [0.3, 0.4) is 0 Å². The second-order valence-electron chi connectivity index (χ2n) is 7.18. The SMILES string of the molecule is CC1(C)c2ccccc2-c2ccc(-c3c(Br)sc4ccccc34)cc21. The molecular weight excluding hydrogens is 388 g/mol. The molecule has 1 aliphatic carbocycles. The summed E-state index contributed by atoms with van der Waals surface area (Å²) in [5, 5.41) is 1.33. The van der Waals surface area contributed by atoms with Crippen LogP contribution < -0.4 is 0 Å². The van der Waals surface area contributed by atoms with Crippen LogP contribution in [0.4, 0.5) is 0 Å². The third-order valence-corrected chi connectivity index (χ3v) is 7.27. The first kappa shape index (κ1) is 15.4. The number of hydrogen-bond donors (Lipinski definition) is 0. The lowest BCUT2D eigenvalue weighted by molar-refractivity contribution is 0.660. The highest BCUT2D eigenvalue weighted by Crippen LogP contribution is 2.51. The van der Waals surface area contributed by atoms with Crippen LogP contribution in [-0.4, -0.2) is 0 Å². The maximum absolute atomic E-state index is 3.80. The molecule has 0 spiro atoms. The first-order chi connectivity index (χ1) is 12.1. The molecule has 0 nitrogen and oxygen atoms in total. The summed E-state index contributed by atoms with van der Waals surface area (Å²) in [5.41, 5.74) is 8.26. The molecule has 0 radical (unpaired) electrons. The minimum Gasteiger partial charge on any atom is -0.128 e. The predicted molar refractivity (Wildman–Crippen MR) is 113 cm³/mol. The van der Waals surface area contributed by atoms with Crippen molar-refractivity contribution in [1.82, 2.24) is 0 Å². The van der Waals surface area contributed by atoms with E-state index in [4.69, 9.17) is 0 Å². The topological polar surface area (TPSA) is 0 Å². The van der Waals surface area contributed by atoms with Crippen molar-refractivity contribution in [3.63, 3.8) is 0 Å². The monoisotopic (exact) mass is 404 g/mol. The van der Waals surface area contributed by atoms with E-state index >= 15 is 0 Å². The number of fused-ring (bicyclic) bond motifs is 4. The Morgan fingerprint density at radius 2 is 1.52 bits per heavy atom. The lowest BCUT2D eigenvalue weighted by Gasteiger charge is -2.22. The summed E-state index contributed by atoms with van der Waals surface area (Å²) in [6, 6.07) is 24.4. The van der Waals surface area contributed by atoms with Gasteiger partial charge in [0, 0.05) is 21.1 Å². The van der Waals surface area contributed by atoms with Gasteiger partial charge < -0.3 is 0 Å². The second-order valence-corrected chi connectivity index (χ2v) is 9.55. The van der Waals surface area contributed by atoms with Crippen molar-refractivity contribution < 1.29 is 0 Å². The van der Waals surface area contributed by atoms with E-state index in [9.17, 15) is 0 Å². The van der Waals surface area contributed by atoms with Gasteiger partial charge in [-0.15, -0.1) is 11.3 Å². The van der Waals surface area contributed by atoms with E-state index in [-0.39, 0.29) is 5.41 Å². The van der Waals surface area contributed by atoms with E-state index in [1.807, 2.05) is 11.3 Å². The highest BCUT2D eigenvalue weighted by Gasteiger charge is 2.35. The molecule has 25 heavy (non-hydrogen) atoms. The van der Waals surface area contributed by atoms with Crippen LogP contribution in [0.25, 0.3) is 32.3 Å². The van der Waals surface area contributed by atoms with Crippen LogP contribution >= 0.6 is 27.3 Å². The molecule has 0 aliphatic heterocycles. The van der Waals surface area contributed by atoms with Crippen molar-refractivity contribution in [2.45, 2.75) is 19.3 Å². The molecule has 1 aliphatic rings. The first-order valence-corrected chi connectivity index (χ1v) is 10.1. The molecule has 0 atom stereocenters. The fourth-order valence-corrected chi connectivity index (χ4v) is 6.06. The van der Waals surface area contributed by atoms with E-state index in [2.05, 4.69) is 96.5 Å². The highest BCUT2D eigenvalue weighted by molar-refractivity contribution is 9.11. The Morgan fingerprint density at radius 3 is 2.40 bits per heavy atom. The Hall–Kier alpha value is -1.90. The van der Waals surface area contributed by atoms with Gasteiger partial charge in [-0.3, -0.25) is 0 Å². The molecule has 0 saturated heterocycles. The summed E-state index contributed by atoms with van der Waals surface area (Å²) >= 11 is 5.61. The third kappa shape index (κ3) is 2.11. The first-order valence-electron chi connectivity index (χ1n) is 8.49. The van der Waals surface area contributed by atoms with Crippen molar-refractivity contribution >= 4 is 37.4 Å². The molecule has 0 bridgehead atoms. The smallest absolute Gasteiger partial charge is 0.0789 e. The summed E-state index contributed by atoms with van der Waals surface area (Å²) < 4.78 is 2.54. The minimum atomic E-state index is 0.0419. The predicted octanol–water partition coefficient (Wildman–Crippen LogP) is 7.64. The van der Waals surface area contributed by atoms with Crippen molar-refractivity contribution in [2.24, 2.45) is 0 Å². The Balaban J connectivity index is 1.77. The van der Waals surface area contributed by atoms with Crippen LogP contribution in [-0.2, 0) is 5.41 Å². The summed E-state index contributed by atoms with van der Waals surface area (Å²) in [6.07, 6.45) is 0. The van der Waals surface area contributed by atoms with Crippen LogP contribution in [0, 0.1) is 0 Å². The van der Waals surface area contributed by atoms with Crippen LogP contribution in [0.2, 0.25) is 0 Å². The largest absolute Gasteiger partial charge is 0.128 e. The molecular formula is C23H17BrS. The fraction of sp³-hybridized carbons (Fsp3) is 0.130. The zero-order valence-corrected chi connectivity index (χ0v) is 16.5. The molecule has 0 fully saturated rings. The quantitative estimate of drug-likeness (QED) is 0.305. The molecule has 4 aromatic rings. The normalized spacial score (nSPS) is 14.5. The van der Waals surface area contributed by atoms with E-state index in [0.29, 0.717) is 0 Å². The third-order valence-electron chi connectivity index (χ3n) is 5.42. The van der Waals surface area contributed by atoms with Gasteiger partial charge in [0.15, 0.2) is 0 Å². The number of rotatable bonds is 1. The van der Waals surface area contributed by atoms with Crippen molar-refractivity contribution in [3.8, 4) is 22.3 Å². The Labute approximate surface area is 160 Å². The van der Waals surface area contributed by atoms with Crippen molar-refractivity contribution in [3.05, 3.63) is 81.6 Å². The molecule has 0 unspecified atom stereocenters. The van der Waals surface area contributed by atoms with Gasteiger partial charge in [-0.1, -0.05) is 68.4 Å². The van der Waals surface area contributed by atoms with Crippen LogP contribution in [0.15, 0.2) is 70.5 Å². The van der Waals surface area contributed by atoms with Gasteiger partial charge in [0.2, 0.25) is 0 Å². The Kier molecular flexibility index (Phi) is 3.25. The van der Waals surface area contributed by atoms with Gasteiger partial charge in [0.25, 0.3) is 0 Å². The molecule has 5 rings (SSSR count). The van der Waals surface area contributed by atoms with Gasteiger partial charge in [-0.25, -0.2) is 0 Å². The average molecular weight is 405 g/mol. The molecule has 0 amide bonds. The lowest BCUT2D eigenvalue weighted by Crippen LogP contribution is -2.14. The maximum atomic E-state index is 3.80. The van der Waals surface area contributed by atoms with Gasteiger partial charge in [0.05, 0.1) is 3.79 Å². The van der Waals surface area contributed by atoms with E-state index in [1.54, 1.807) is 0 Å². The van der Waals surface area contributed by atoms with E-state index < -0.39 is 0 Å². The summed E-state index contributed by atoms with van der Waals surface area (Å²) in [5.74, 6) is 0. The zero-order chi connectivity index (χ0) is 17.2. The molecule has 1 heterocycles. The Morgan fingerprint density at radius 1 is 0.800 bits per heavy atom. The number of hydrogen-bond acceptors (Lipinski definition) is 1. The van der Waals surface area contributed by atoms with Gasteiger partial charge in [-0.05, 0) is 55.9 Å². The Bertz CT molecular complexity index is 1130. The summed E-state index contributed by atoms with van der Waals surface area (Å²) in [6.45, 7) is 4.67. The molecule has 1 aromatic heterocycles. The molecule has 122 valence electrons. The number of halogens is 1. The standard InChI is InChI=1S/C23H17BrS/c1-23(2)18-9-5-3-7-15(18)16-12-11-14(13-19(16)23)21-17-8-4-6-10-20(17)25-22(21)24/h3-13H,1-2H3. The van der Waals surface area contributed by atoms with Gasteiger partial charge in [-0.2, -0.15) is 0 Å². The zero-order valence-electron chi connectivity index (χ0n) is 14.1. The summed E-state index contributed by atoms with van der Waals surface area (Å²) in [4.78, 5) is 0. The maximum Gasteiger partial charge on any atom is 0.0789 e. The molecule has 0 saturated carbocycles. The molecule has 2 heteroatoms. The van der Waals surface area contributed by atoms with Gasteiger partial charge >= 0.3 is 0 Å². The average Bonchev–Trinajstić information content (AvgIpc) is 3.07. The van der Waals surface area contributed by atoms with Crippen molar-refractivity contribution in [1.29, 1.82) is 0 Å². The van der Waals surface area contributed by atoms with Crippen LogP contribution in [0.1, 0.15) is 25.0 Å². The second kappa shape index (κ2) is 5.30.